The zero-order valence-electron chi connectivity index (χ0n) is 27.2. The Morgan fingerprint density at radius 3 is 1.44 bits per heavy atom. The van der Waals surface area contributed by atoms with Gasteiger partial charge >= 0.3 is 0 Å². The summed E-state index contributed by atoms with van der Waals surface area (Å²) in [5.41, 5.74) is 18.4. The number of hydrogen-bond donors (Lipinski definition) is 0. The Labute approximate surface area is 283 Å². The van der Waals surface area contributed by atoms with E-state index in [1.54, 1.807) is 0 Å². The summed E-state index contributed by atoms with van der Waals surface area (Å²) in [7, 11) is 0. The lowest BCUT2D eigenvalue weighted by Crippen LogP contribution is -2.30. The molecule has 0 saturated carbocycles. The predicted octanol–water partition coefficient (Wildman–Crippen LogP) is 12.0. The molecule has 0 atom stereocenters. The first-order valence-electron chi connectivity index (χ1n) is 16.8. The summed E-state index contributed by atoms with van der Waals surface area (Å²) in [6.07, 6.45) is 2.42. The second-order valence-corrected chi connectivity index (χ2v) is 13.1. The Morgan fingerprint density at radius 1 is 0.396 bits per heavy atom. The predicted molar refractivity (Wildman–Crippen MR) is 201 cm³/mol. The first-order valence-corrected chi connectivity index (χ1v) is 16.8. The van der Waals surface area contributed by atoms with Crippen molar-refractivity contribution in [3.05, 3.63) is 220 Å². The highest BCUT2D eigenvalue weighted by Crippen LogP contribution is 2.59. The SMILES string of the molecule is Cc1cccc(N(c2ccc(C3=Cc4ccccc4C4(c5ccccc53)c3ccccc3-c3ccccc34)cc2)c2cccc(C)c2)c1. The van der Waals surface area contributed by atoms with Gasteiger partial charge in [0.1, 0.15) is 0 Å². The van der Waals surface area contributed by atoms with Gasteiger partial charge in [0.15, 0.2) is 0 Å². The van der Waals surface area contributed by atoms with E-state index in [-0.39, 0.29) is 0 Å². The maximum atomic E-state index is 2.42. The molecule has 0 amide bonds. The van der Waals surface area contributed by atoms with Crippen LogP contribution in [0.15, 0.2) is 170 Å². The van der Waals surface area contributed by atoms with E-state index in [9.17, 15) is 0 Å². The zero-order valence-corrected chi connectivity index (χ0v) is 27.2. The van der Waals surface area contributed by atoms with Crippen molar-refractivity contribution in [2.24, 2.45) is 0 Å². The second kappa shape index (κ2) is 11.1. The van der Waals surface area contributed by atoms with E-state index in [2.05, 4.69) is 195 Å². The van der Waals surface area contributed by atoms with Crippen LogP contribution in [0.5, 0.6) is 0 Å². The van der Waals surface area contributed by atoms with E-state index in [1.807, 2.05) is 0 Å². The number of rotatable bonds is 4. The third-order valence-corrected chi connectivity index (χ3v) is 10.2. The highest BCUT2D eigenvalue weighted by atomic mass is 15.1. The molecule has 1 heteroatoms. The fourth-order valence-corrected chi connectivity index (χ4v) is 8.21. The van der Waals surface area contributed by atoms with Crippen LogP contribution in [0.2, 0.25) is 0 Å². The maximum Gasteiger partial charge on any atom is 0.0725 e. The highest BCUT2D eigenvalue weighted by molar-refractivity contribution is 5.99. The average Bonchev–Trinajstić information content (AvgIpc) is 3.35. The van der Waals surface area contributed by atoms with Crippen LogP contribution in [0.1, 0.15) is 50.1 Å². The Kier molecular flexibility index (Phi) is 6.55. The van der Waals surface area contributed by atoms with E-state index < -0.39 is 5.41 Å². The number of fused-ring (bicyclic) bond motifs is 9. The molecule has 0 N–H and O–H groups in total. The lowest BCUT2D eigenvalue weighted by molar-refractivity contribution is 0.766. The summed E-state index contributed by atoms with van der Waals surface area (Å²) in [5, 5.41) is 0. The molecule has 2 aliphatic rings. The van der Waals surface area contributed by atoms with Crippen LogP contribution in [-0.4, -0.2) is 0 Å². The number of aryl methyl sites for hydroxylation is 2. The third kappa shape index (κ3) is 4.25. The minimum atomic E-state index is -0.425. The van der Waals surface area contributed by atoms with Crippen LogP contribution in [0, 0.1) is 13.8 Å². The fourth-order valence-electron chi connectivity index (χ4n) is 8.21. The molecule has 0 bridgehead atoms. The van der Waals surface area contributed by atoms with Crippen molar-refractivity contribution in [2.45, 2.75) is 19.3 Å². The minimum absolute atomic E-state index is 0.425. The van der Waals surface area contributed by atoms with Gasteiger partial charge in [0.25, 0.3) is 0 Å². The third-order valence-electron chi connectivity index (χ3n) is 10.2. The first-order chi connectivity index (χ1) is 23.6. The molecule has 0 radical (unpaired) electrons. The van der Waals surface area contributed by atoms with Crippen molar-refractivity contribution in [2.75, 3.05) is 4.90 Å². The van der Waals surface area contributed by atoms with Crippen molar-refractivity contribution in [1.82, 2.24) is 0 Å². The maximum absolute atomic E-state index is 2.42. The van der Waals surface area contributed by atoms with Gasteiger partial charge in [-0.1, -0.05) is 133 Å². The minimum Gasteiger partial charge on any atom is -0.310 e. The summed E-state index contributed by atoms with van der Waals surface area (Å²) in [6, 6.07) is 62.7. The molecule has 0 aromatic heterocycles. The Morgan fingerprint density at radius 2 is 0.875 bits per heavy atom. The molecule has 0 heterocycles. The Hall–Kier alpha value is -5.92. The summed E-state index contributed by atoms with van der Waals surface area (Å²) in [5.74, 6) is 0. The number of benzene rings is 7. The molecular weight excluding hydrogens is 579 g/mol. The molecule has 228 valence electrons. The van der Waals surface area contributed by atoms with E-state index in [0.717, 1.165) is 17.1 Å². The second-order valence-electron chi connectivity index (χ2n) is 13.1. The molecule has 0 fully saturated rings. The molecular formula is C47H35N. The number of nitrogens with zero attached hydrogens (tertiary/aromatic N) is 1. The highest BCUT2D eigenvalue weighted by Gasteiger charge is 2.48. The average molecular weight is 614 g/mol. The Balaban J connectivity index is 1.25. The molecule has 7 aromatic rings. The Bertz CT molecular complexity index is 2280. The van der Waals surface area contributed by atoms with E-state index >= 15 is 0 Å². The number of anilines is 3. The van der Waals surface area contributed by atoms with Crippen molar-refractivity contribution in [3.63, 3.8) is 0 Å². The summed E-state index contributed by atoms with van der Waals surface area (Å²) in [4.78, 5) is 2.36. The quantitative estimate of drug-likeness (QED) is 0.191. The molecule has 1 nitrogen and oxygen atoms in total. The molecule has 0 saturated heterocycles. The molecule has 7 aromatic carbocycles. The van der Waals surface area contributed by atoms with Crippen molar-refractivity contribution in [3.8, 4) is 11.1 Å². The molecule has 9 rings (SSSR count). The molecule has 2 aliphatic carbocycles. The van der Waals surface area contributed by atoms with Gasteiger partial charge in [0.05, 0.1) is 5.41 Å². The van der Waals surface area contributed by atoms with Crippen molar-refractivity contribution in [1.29, 1.82) is 0 Å². The zero-order chi connectivity index (χ0) is 32.2. The van der Waals surface area contributed by atoms with Gasteiger partial charge in [0, 0.05) is 17.1 Å². The van der Waals surface area contributed by atoms with Crippen molar-refractivity contribution < 1.29 is 0 Å². The van der Waals surface area contributed by atoms with Gasteiger partial charge < -0.3 is 4.90 Å². The van der Waals surface area contributed by atoms with Gasteiger partial charge in [-0.3, -0.25) is 0 Å². The summed E-state index contributed by atoms with van der Waals surface area (Å²) < 4.78 is 0. The normalized spacial score (nSPS) is 13.5. The lowest BCUT2D eigenvalue weighted by Gasteiger charge is -2.35. The van der Waals surface area contributed by atoms with E-state index in [1.165, 1.54) is 66.8 Å². The monoisotopic (exact) mass is 613 g/mol. The molecule has 0 unspecified atom stereocenters. The van der Waals surface area contributed by atoms with E-state index in [4.69, 9.17) is 0 Å². The molecule has 1 spiro atoms. The van der Waals surface area contributed by atoms with Crippen LogP contribution in [0.3, 0.4) is 0 Å². The van der Waals surface area contributed by atoms with Crippen LogP contribution < -0.4 is 4.90 Å². The fraction of sp³-hybridized carbons (Fsp3) is 0.0638. The van der Waals surface area contributed by atoms with Gasteiger partial charge in [-0.05, 0) is 123 Å². The smallest absolute Gasteiger partial charge is 0.0725 e. The van der Waals surface area contributed by atoms with Crippen molar-refractivity contribution >= 4 is 28.7 Å². The van der Waals surface area contributed by atoms with Crippen LogP contribution >= 0.6 is 0 Å². The number of hydrogen-bond acceptors (Lipinski definition) is 1. The van der Waals surface area contributed by atoms with Gasteiger partial charge in [-0.15, -0.1) is 0 Å². The molecule has 0 aliphatic heterocycles. The lowest BCUT2D eigenvalue weighted by atomic mass is 9.66. The molecule has 48 heavy (non-hydrogen) atoms. The van der Waals surface area contributed by atoms with Gasteiger partial charge in [-0.2, -0.15) is 0 Å². The standard InChI is InChI=1S/C47H35N/c1-32-13-11-16-37(29-32)48(38-17-12-14-33(2)30-38)36-27-25-34(26-28-36)42-31-35-15-3-7-21-43(35)47(46-24-10-6-20-41(42)46)44-22-8-4-18-39(44)40-19-5-9-23-45(40)47/h3-31H,1-2H3. The van der Waals surface area contributed by atoms with Crippen LogP contribution in [0.25, 0.3) is 22.8 Å². The summed E-state index contributed by atoms with van der Waals surface area (Å²) in [6.45, 7) is 4.31. The largest absolute Gasteiger partial charge is 0.310 e. The summed E-state index contributed by atoms with van der Waals surface area (Å²) >= 11 is 0. The van der Waals surface area contributed by atoms with Crippen LogP contribution in [0.4, 0.5) is 17.1 Å². The van der Waals surface area contributed by atoms with Gasteiger partial charge in [0.2, 0.25) is 0 Å². The topological polar surface area (TPSA) is 3.24 Å². The first kappa shape index (κ1) is 28.3. The van der Waals surface area contributed by atoms with E-state index in [0.29, 0.717) is 0 Å². The van der Waals surface area contributed by atoms with Gasteiger partial charge in [-0.25, -0.2) is 0 Å². The van der Waals surface area contributed by atoms with Crippen LogP contribution in [-0.2, 0) is 5.41 Å².